The second kappa shape index (κ2) is 56.9. The van der Waals surface area contributed by atoms with E-state index in [4.69, 9.17) is 105 Å². The van der Waals surface area contributed by atoms with Gasteiger partial charge in [-0.1, -0.05) is 107 Å². The van der Waals surface area contributed by atoms with E-state index in [2.05, 4.69) is 49.4 Å². The first kappa shape index (κ1) is 113. The largest absolute Gasteiger partial charge is 0.478 e. The zero-order valence-corrected chi connectivity index (χ0v) is 80.1. The third-order valence-electron chi connectivity index (χ3n) is 17.1. The average Bonchev–Trinajstić information content (AvgIpc) is 0.852. The number of aliphatic hydroxyl groups is 1. The molecule has 0 fully saturated rings. The SMILES string of the molecule is CC(C)(C)OC(=O)NCCO.CC(C)(C)OC(=O)NCCOC(=O)C(C)(C)Oc1ccc(CCNC(=O)c2ccc(Cl)cc2)cc1.CC(C)(Oc1ccc(CCNC(=O)c2ccc(Cl)cc2)cc1)C(=O)O.CC(C)(Oc1ccc(CCNC(=O)c2ccc(Cl)cc2)cc1)C(=O)OCCN.CC(C)(Oc1ccc(CCNC(=O)c2ccc(Cl)cc2)cc1)C(=O)OCCNC=S.Cl.[HH].[HH].[HH].[HH].[HH]. The normalized spacial score (nSPS) is 11.0. The Labute approximate surface area is 799 Å². The third-order valence-corrected chi connectivity index (χ3v) is 18.3. The van der Waals surface area contributed by atoms with Crippen LogP contribution in [0, 0.1) is 0 Å². The quantitative estimate of drug-likeness (QED) is 0.00740. The van der Waals surface area contributed by atoms with Gasteiger partial charge in [0.15, 0.2) is 22.4 Å². The first-order valence-electron chi connectivity index (χ1n) is 41.2. The van der Waals surface area contributed by atoms with E-state index < -0.39 is 69.7 Å². The molecular formula is C95H129Cl5N8O21S. The zero-order chi connectivity index (χ0) is 96.0. The number of rotatable bonds is 39. The molecular weight excluding hydrogens is 1800 g/mol. The number of hydrogen-bond acceptors (Lipinski definition) is 22. The number of esters is 3. The predicted octanol–water partition coefficient (Wildman–Crippen LogP) is 16.8. The molecule has 8 aromatic carbocycles. The number of thiocarbonyl (C=S) groups is 1. The van der Waals surface area contributed by atoms with Gasteiger partial charge in [-0.05, 0) is 290 Å². The van der Waals surface area contributed by atoms with E-state index in [0.717, 1.165) is 22.3 Å². The summed E-state index contributed by atoms with van der Waals surface area (Å²) in [6.07, 6.45) is 1.55. The number of alkyl carbamates (subject to hydrolysis) is 2. The lowest BCUT2D eigenvalue weighted by Gasteiger charge is -2.24. The highest BCUT2D eigenvalue weighted by molar-refractivity contribution is 7.78. The van der Waals surface area contributed by atoms with Gasteiger partial charge in [-0.15, -0.1) is 12.4 Å². The Morgan fingerprint density at radius 1 is 0.346 bits per heavy atom. The van der Waals surface area contributed by atoms with E-state index in [0.29, 0.717) is 124 Å². The van der Waals surface area contributed by atoms with Crippen LogP contribution in [0.1, 0.15) is 168 Å². The fourth-order valence-electron chi connectivity index (χ4n) is 10.4. The minimum atomic E-state index is -1.28. The average molecular weight is 1930 g/mol. The molecule has 0 aliphatic rings. The van der Waals surface area contributed by atoms with Crippen LogP contribution in [0.5, 0.6) is 23.0 Å². The molecule has 0 aromatic heterocycles. The van der Waals surface area contributed by atoms with Crippen LogP contribution < -0.4 is 61.9 Å². The van der Waals surface area contributed by atoms with Gasteiger partial charge >= 0.3 is 36.1 Å². The van der Waals surface area contributed by atoms with Crippen LogP contribution in [0.15, 0.2) is 194 Å². The predicted molar refractivity (Wildman–Crippen MR) is 519 cm³/mol. The van der Waals surface area contributed by atoms with Gasteiger partial charge in [0.25, 0.3) is 23.6 Å². The second-order valence-electron chi connectivity index (χ2n) is 32.2. The fraction of sp³-hybridized carbons (Fsp3) is 0.379. The van der Waals surface area contributed by atoms with Crippen molar-refractivity contribution in [2.45, 2.75) is 156 Å². The molecule has 130 heavy (non-hydrogen) atoms. The van der Waals surface area contributed by atoms with Crippen molar-refractivity contribution in [2.75, 3.05) is 78.8 Å². The van der Waals surface area contributed by atoms with Crippen molar-refractivity contribution in [1.29, 1.82) is 0 Å². The molecule has 8 rings (SSSR count). The van der Waals surface area contributed by atoms with E-state index in [9.17, 15) is 47.9 Å². The van der Waals surface area contributed by atoms with Crippen molar-refractivity contribution in [2.24, 2.45) is 5.73 Å². The molecule has 0 saturated heterocycles. The van der Waals surface area contributed by atoms with Gasteiger partial charge in [0.1, 0.15) is 54.0 Å². The highest BCUT2D eigenvalue weighted by Crippen LogP contribution is 2.26. The molecule has 0 saturated carbocycles. The first-order valence-corrected chi connectivity index (χ1v) is 43.1. The summed E-state index contributed by atoms with van der Waals surface area (Å²) in [6.45, 7) is 26.8. The molecule has 0 aliphatic heterocycles. The summed E-state index contributed by atoms with van der Waals surface area (Å²) in [5, 5.41) is 38.9. The van der Waals surface area contributed by atoms with Crippen molar-refractivity contribution in [3.05, 3.63) is 259 Å². The summed E-state index contributed by atoms with van der Waals surface area (Å²) in [4.78, 5) is 118. The number of halogens is 5. The summed E-state index contributed by atoms with van der Waals surface area (Å²) in [5.74, 6) is -1.00. The number of benzene rings is 8. The lowest BCUT2D eigenvalue weighted by Crippen LogP contribution is -2.41. The number of nitrogens with one attached hydrogen (secondary N) is 7. The van der Waals surface area contributed by atoms with E-state index in [1.54, 1.807) is 229 Å². The van der Waals surface area contributed by atoms with Crippen molar-refractivity contribution < 1.29 is 108 Å². The van der Waals surface area contributed by atoms with Crippen molar-refractivity contribution >= 4 is 136 Å². The Balaban J connectivity index is -0.00000164. The number of amides is 6. The van der Waals surface area contributed by atoms with Gasteiger partial charge < -0.3 is 95.8 Å². The molecule has 0 spiro atoms. The van der Waals surface area contributed by atoms with Gasteiger partial charge in [-0.2, -0.15) is 0 Å². The standard InChI is InChI=1S/C26H33ClN2O6.C22H25ClN2O4S.C21H25ClN2O4.C19H20ClNO4.C7H15NO3.ClH.5H2/c1-25(2,3)35-24(32)29-16-17-33-23(31)26(4,5)34-21-12-6-18(7-13-21)14-15-28-22(30)19-8-10-20(27)11-9-19;1-22(2,21(27)28-14-13-24-15-30)29-19-9-3-16(4-10-19)11-12-25-20(26)17-5-7-18(23)8-6-17;1-21(2,20(26)27-14-12-23)28-18-9-3-15(4-10-18)11-13-24-19(25)16-5-7-17(22)8-6-16;1-19(2,18(23)24)25-16-9-3-13(4-10-16)11-12-21-17(22)14-5-7-15(20)8-6-14;1-7(2,3)11-6(10)8-4-5-9;;;;;;/h6-13H,14-17H2,1-5H3,(H,28,30)(H,29,32);3-10,15H,11-14H2,1-2H3,(H,24,30)(H,25,26);3-10H,11-14,23H2,1-2H3,(H,24,25);3-10H,11-12H2,1-2H3,(H,21,22)(H,23,24);9H,4-5H2,1-3H3,(H,8,10);6*1H. The number of hydrogen-bond donors (Lipinski definition) is 10. The van der Waals surface area contributed by atoms with Gasteiger partial charge in [0.05, 0.1) is 18.6 Å². The maximum atomic E-state index is 12.4. The number of carbonyl (C=O) groups is 10. The van der Waals surface area contributed by atoms with Crippen LogP contribution in [0.25, 0.3) is 0 Å². The van der Waals surface area contributed by atoms with Crippen LogP contribution in [0.4, 0.5) is 9.59 Å². The molecule has 0 bridgehead atoms. The van der Waals surface area contributed by atoms with Gasteiger partial charge in [0.2, 0.25) is 0 Å². The summed E-state index contributed by atoms with van der Waals surface area (Å²) in [6, 6.07) is 56.0. The summed E-state index contributed by atoms with van der Waals surface area (Å²) < 4.78 is 48.2. The van der Waals surface area contributed by atoms with Gasteiger partial charge in [-0.3, -0.25) is 19.2 Å². The molecule has 0 atom stereocenters. The number of aliphatic carboxylic acids is 1. The van der Waals surface area contributed by atoms with Gasteiger partial charge in [0, 0.05) is 95.3 Å². The number of nitrogens with two attached hydrogens (primary N) is 1. The van der Waals surface area contributed by atoms with Gasteiger partial charge in [-0.25, -0.2) is 28.8 Å². The Hall–Kier alpha value is -11.5. The van der Waals surface area contributed by atoms with Crippen molar-refractivity contribution in [3.8, 4) is 23.0 Å². The van der Waals surface area contributed by atoms with E-state index in [-0.39, 0.29) is 89.2 Å². The Kier molecular flexibility index (Phi) is 49.3. The maximum absolute atomic E-state index is 12.4. The monoisotopic (exact) mass is 1920 g/mol. The summed E-state index contributed by atoms with van der Waals surface area (Å²) >= 11 is 27.9. The number of aliphatic hydroxyl groups excluding tert-OH is 1. The summed E-state index contributed by atoms with van der Waals surface area (Å²) in [5.41, 5.74) is 7.23. The third kappa shape index (κ3) is 46.2. The van der Waals surface area contributed by atoms with Crippen LogP contribution in [0.2, 0.25) is 20.1 Å². The molecule has 0 unspecified atom stereocenters. The fourth-order valence-corrected chi connectivity index (χ4v) is 11.0. The number of ether oxygens (including phenoxy) is 9. The van der Waals surface area contributed by atoms with Crippen LogP contribution >= 0.6 is 71.0 Å². The molecule has 0 heterocycles. The Morgan fingerprint density at radius 2 is 0.585 bits per heavy atom. The van der Waals surface area contributed by atoms with Crippen LogP contribution in [-0.4, -0.2) is 188 Å². The smallest absolute Gasteiger partial charge is 0.407 e. The Morgan fingerprint density at radius 3 is 0.815 bits per heavy atom. The molecule has 0 aliphatic carbocycles. The van der Waals surface area contributed by atoms with E-state index in [1.807, 2.05) is 48.5 Å². The Bertz CT molecular complexity index is 4880. The molecule has 35 heteroatoms. The number of carbonyl (C=O) groups excluding carboxylic acids is 9. The molecule has 6 amide bonds. The van der Waals surface area contributed by atoms with Crippen LogP contribution in [0.3, 0.4) is 0 Å². The summed E-state index contributed by atoms with van der Waals surface area (Å²) in [7, 11) is 0. The number of carboxylic acid groups (broad SMARTS) is 1. The van der Waals surface area contributed by atoms with Crippen LogP contribution in [-0.2, 0) is 68.5 Å². The highest BCUT2D eigenvalue weighted by Gasteiger charge is 2.35. The lowest BCUT2D eigenvalue weighted by molar-refractivity contribution is -0.159. The second-order valence-corrected chi connectivity index (χ2v) is 34.2. The zero-order valence-electron chi connectivity index (χ0n) is 75.4. The lowest BCUT2D eigenvalue weighted by atomic mass is 10.1. The molecule has 8 aromatic rings. The first-order chi connectivity index (χ1) is 60.7. The molecule has 11 N–H and O–H groups in total. The highest BCUT2D eigenvalue weighted by atomic mass is 35.5. The topological polar surface area (TPSA) is 404 Å². The van der Waals surface area contributed by atoms with E-state index >= 15 is 0 Å². The maximum Gasteiger partial charge on any atom is 0.407 e. The molecule has 0 radical (unpaired) electrons. The minimum Gasteiger partial charge on any atom is -0.478 e. The molecule has 716 valence electrons. The number of carboxylic acids is 1. The van der Waals surface area contributed by atoms with Crippen molar-refractivity contribution in [3.63, 3.8) is 0 Å². The van der Waals surface area contributed by atoms with E-state index in [1.165, 1.54) is 19.3 Å². The van der Waals surface area contributed by atoms with Crippen molar-refractivity contribution in [1.82, 2.24) is 37.2 Å². The minimum absolute atomic E-state index is 0. The molecule has 29 nitrogen and oxygen atoms in total.